The van der Waals surface area contributed by atoms with E-state index in [4.69, 9.17) is 0 Å². The summed E-state index contributed by atoms with van der Waals surface area (Å²) in [6, 6.07) is 2.31. The Hall–Kier alpha value is -1.62. The van der Waals surface area contributed by atoms with E-state index in [9.17, 15) is 5.11 Å². The highest BCUT2D eigenvalue weighted by atomic mass is 16.3. The summed E-state index contributed by atoms with van der Waals surface area (Å²) in [5, 5.41) is 14.3. The molecule has 1 fully saturated rings. The maximum Gasteiger partial charge on any atom is 0.147 e. The number of hydrogen-bond acceptors (Lipinski definition) is 3. The fourth-order valence-electron chi connectivity index (χ4n) is 2.40. The molecule has 1 atom stereocenters. The second-order valence-corrected chi connectivity index (χ2v) is 5.61. The SMILES string of the molecule is CC(C)n1ncnc1Cn1ccc(C(O)C2CC2)c1. The highest BCUT2D eigenvalue weighted by Crippen LogP contribution is 2.40. The van der Waals surface area contributed by atoms with E-state index in [0.29, 0.717) is 18.5 Å². The quantitative estimate of drug-likeness (QED) is 0.896. The van der Waals surface area contributed by atoms with E-state index < -0.39 is 0 Å². The van der Waals surface area contributed by atoms with Crippen molar-refractivity contribution in [3.05, 3.63) is 36.2 Å². The van der Waals surface area contributed by atoms with E-state index in [1.54, 1.807) is 6.33 Å². The van der Waals surface area contributed by atoms with Crippen LogP contribution in [0.1, 0.15) is 50.2 Å². The van der Waals surface area contributed by atoms with Crippen molar-refractivity contribution in [1.29, 1.82) is 0 Å². The summed E-state index contributed by atoms with van der Waals surface area (Å²) in [6.07, 6.45) is 7.60. The van der Waals surface area contributed by atoms with Gasteiger partial charge in [-0.25, -0.2) is 9.67 Å². The molecule has 5 heteroatoms. The molecule has 1 saturated carbocycles. The first-order chi connectivity index (χ1) is 9.15. The maximum absolute atomic E-state index is 10.1. The molecule has 1 N–H and O–H groups in total. The van der Waals surface area contributed by atoms with Gasteiger partial charge in [0, 0.05) is 18.4 Å². The monoisotopic (exact) mass is 260 g/mol. The maximum atomic E-state index is 10.1. The van der Waals surface area contributed by atoms with Crippen molar-refractivity contribution in [2.75, 3.05) is 0 Å². The third-order valence-corrected chi connectivity index (χ3v) is 3.64. The van der Waals surface area contributed by atoms with Crippen LogP contribution in [-0.4, -0.2) is 24.4 Å². The number of aliphatic hydroxyl groups excluding tert-OH is 1. The number of aromatic nitrogens is 4. The topological polar surface area (TPSA) is 55.9 Å². The van der Waals surface area contributed by atoms with Gasteiger partial charge in [-0.1, -0.05) is 0 Å². The minimum atomic E-state index is -0.302. The van der Waals surface area contributed by atoms with Crippen LogP contribution < -0.4 is 0 Å². The van der Waals surface area contributed by atoms with Crippen molar-refractivity contribution < 1.29 is 5.11 Å². The first kappa shape index (κ1) is 12.4. The Morgan fingerprint density at radius 1 is 1.42 bits per heavy atom. The molecule has 0 aliphatic heterocycles. The zero-order valence-corrected chi connectivity index (χ0v) is 11.4. The summed E-state index contributed by atoms with van der Waals surface area (Å²) >= 11 is 0. The molecule has 0 bridgehead atoms. The molecule has 2 aromatic rings. The van der Waals surface area contributed by atoms with Gasteiger partial charge in [-0.2, -0.15) is 5.10 Å². The molecule has 5 nitrogen and oxygen atoms in total. The minimum Gasteiger partial charge on any atom is -0.388 e. The van der Waals surface area contributed by atoms with Crippen molar-refractivity contribution in [3.63, 3.8) is 0 Å². The summed E-state index contributed by atoms with van der Waals surface area (Å²) in [7, 11) is 0. The average Bonchev–Trinajstić information content (AvgIpc) is 2.94. The molecule has 0 radical (unpaired) electrons. The zero-order valence-electron chi connectivity index (χ0n) is 11.4. The van der Waals surface area contributed by atoms with E-state index in [2.05, 4.69) is 28.5 Å². The zero-order chi connectivity index (χ0) is 13.4. The predicted molar refractivity (Wildman–Crippen MR) is 71.6 cm³/mol. The molecule has 1 aliphatic carbocycles. The lowest BCUT2D eigenvalue weighted by Gasteiger charge is -2.10. The Morgan fingerprint density at radius 2 is 2.21 bits per heavy atom. The van der Waals surface area contributed by atoms with Gasteiger partial charge in [0.15, 0.2) is 0 Å². The molecule has 0 amide bonds. The predicted octanol–water partition coefficient (Wildman–Crippen LogP) is 2.15. The highest BCUT2D eigenvalue weighted by Gasteiger charge is 2.31. The summed E-state index contributed by atoms with van der Waals surface area (Å²) in [4.78, 5) is 4.30. The van der Waals surface area contributed by atoms with Crippen LogP contribution in [0, 0.1) is 5.92 Å². The van der Waals surface area contributed by atoms with Crippen LogP contribution in [0.2, 0.25) is 0 Å². The number of nitrogens with zero attached hydrogens (tertiary/aromatic N) is 4. The summed E-state index contributed by atoms with van der Waals surface area (Å²) in [6.45, 7) is 4.88. The summed E-state index contributed by atoms with van der Waals surface area (Å²) < 4.78 is 3.99. The molecule has 19 heavy (non-hydrogen) atoms. The van der Waals surface area contributed by atoms with Crippen LogP contribution >= 0.6 is 0 Å². The van der Waals surface area contributed by atoms with Crippen LogP contribution in [0.3, 0.4) is 0 Å². The Kier molecular flexibility index (Phi) is 3.14. The van der Waals surface area contributed by atoms with E-state index in [1.165, 1.54) is 0 Å². The molecule has 0 saturated heterocycles. The fraction of sp³-hybridized carbons (Fsp3) is 0.571. The second-order valence-electron chi connectivity index (χ2n) is 5.61. The molecule has 2 heterocycles. The molecule has 0 aromatic carbocycles. The average molecular weight is 260 g/mol. The van der Waals surface area contributed by atoms with Gasteiger partial charge in [0.25, 0.3) is 0 Å². The van der Waals surface area contributed by atoms with E-state index in [-0.39, 0.29) is 6.10 Å². The van der Waals surface area contributed by atoms with Crippen molar-refractivity contribution in [2.24, 2.45) is 5.92 Å². The fourth-order valence-corrected chi connectivity index (χ4v) is 2.40. The Morgan fingerprint density at radius 3 is 2.89 bits per heavy atom. The molecule has 2 aromatic heterocycles. The number of hydrogen-bond donors (Lipinski definition) is 1. The van der Waals surface area contributed by atoms with Crippen molar-refractivity contribution >= 4 is 0 Å². The lowest BCUT2D eigenvalue weighted by atomic mass is 10.1. The molecule has 1 unspecified atom stereocenters. The third kappa shape index (κ3) is 2.56. The summed E-state index contributed by atoms with van der Waals surface area (Å²) in [5.41, 5.74) is 1.01. The van der Waals surface area contributed by atoms with E-state index in [0.717, 1.165) is 24.2 Å². The second kappa shape index (κ2) is 4.81. The van der Waals surface area contributed by atoms with Crippen molar-refractivity contribution in [1.82, 2.24) is 19.3 Å². The van der Waals surface area contributed by atoms with Gasteiger partial charge in [-0.3, -0.25) is 0 Å². The van der Waals surface area contributed by atoms with Crippen LogP contribution in [-0.2, 0) is 6.54 Å². The first-order valence-electron chi connectivity index (χ1n) is 6.87. The molecule has 0 spiro atoms. The van der Waals surface area contributed by atoms with Crippen LogP contribution in [0.4, 0.5) is 0 Å². The molecular weight excluding hydrogens is 240 g/mol. The molecule has 102 valence electrons. The van der Waals surface area contributed by atoms with Gasteiger partial charge in [-0.15, -0.1) is 0 Å². The smallest absolute Gasteiger partial charge is 0.147 e. The van der Waals surface area contributed by atoms with Crippen molar-refractivity contribution in [2.45, 2.75) is 45.4 Å². The lowest BCUT2D eigenvalue weighted by molar-refractivity contribution is 0.154. The van der Waals surface area contributed by atoms with Gasteiger partial charge in [0.1, 0.15) is 12.2 Å². The minimum absolute atomic E-state index is 0.302. The largest absolute Gasteiger partial charge is 0.388 e. The van der Waals surface area contributed by atoms with Crippen LogP contribution in [0.25, 0.3) is 0 Å². The van der Waals surface area contributed by atoms with E-state index in [1.807, 2.05) is 23.1 Å². The van der Waals surface area contributed by atoms with Crippen molar-refractivity contribution in [3.8, 4) is 0 Å². The summed E-state index contributed by atoms with van der Waals surface area (Å²) in [5.74, 6) is 1.41. The molecular formula is C14H20N4O. The van der Waals surface area contributed by atoms with E-state index >= 15 is 0 Å². The Labute approximate surface area is 112 Å². The van der Waals surface area contributed by atoms with Gasteiger partial charge < -0.3 is 9.67 Å². The van der Waals surface area contributed by atoms with Gasteiger partial charge in [0.2, 0.25) is 0 Å². The lowest BCUT2D eigenvalue weighted by Crippen LogP contribution is -2.11. The van der Waals surface area contributed by atoms with Crippen LogP contribution in [0.5, 0.6) is 0 Å². The number of aliphatic hydroxyl groups is 1. The highest BCUT2D eigenvalue weighted by molar-refractivity contribution is 5.16. The van der Waals surface area contributed by atoms with Gasteiger partial charge >= 0.3 is 0 Å². The third-order valence-electron chi connectivity index (χ3n) is 3.64. The molecule has 1 aliphatic rings. The normalized spacial score (nSPS) is 17.1. The van der Waals surface area contributed by atoms with Crippen LogP contribution in [0.15, 0.2) is 24.8 Å². The Balaban J connectivity index is 1.74. The molecule has 3 rings (SSSR count). The Bertz CT molecular complexity index is 553. The first-order valence-corrected chi connectivity index (χ1v) is 6.87. The van der Waals surface area contributed by atoms with Gasteiger partial charge in [0.05, 0.1) is 12.6 Å². The van der Waals surface area contributed by atoms with Gasteiger partial charge in [-0.05, 0) is 44.2 Å². The standard InChI is InChI=1S/C14H20N4O/c1-10(2)18-13(15-9-16-18)8-17-6-5-12(7-17)14(19)11-3-4-11/h5-7,9-11,14,19H,3-4,8H2,1-2H3. The number of rotatable bonds is 5.